The number of hydrogen-bond acceptors (Lipinski definition) is 8. The van der Waals surface area contributed by atoms with E-state index in [-0.39, 0.29) is 25.1 Å². The standard InChI is InChI=1S/C39H40N4O4S2/c1-5-7-20-42-37(44)34(38(45)43(39(42)46)21-22-47-4)27(23-32-40(3)35-28-14-10-8-12-25(28)16-18-30(35)48-32)24-33-41(6-2)36-29-15-11-9-13-26(29)17-19-31(36)49-33/h8-19,23-24,32,34H,5-7,20-22H2,1-4H3. The number of hydrogen-bond donors (Lipinski definition) is 0. The first-order valence-corrected chi connectivity index (χ1v) is 18.5. The number of fused-ring (bicyclic) bond motifs is 6. The van der Waals surface area contributed by atoms with E-state index in [1.807, 2.05) is 31.2 Å². The van der Waals surface area contributed by atoms with Crippen LogP contribution >= 0.6 is 23.5 Å². The number of anilines is 2. The van der Waals surface area contributed by atoms with Gasteiger partial charge in [0.1, 0.15) is 5.92 Å². The van der Waals surface area contributed by atoms with Gasteiger partial charge < -0.3 is 14.5 Å². The van der Waals surface area contributed by atoms with Crippen LogP contribution in [-0.4, -0.2) is 73.4 Å². The number of carbonyl (C=O) groups excluding carboxylic acids is 3. The number of thioether (sulfide) groups is 2. The lowest BCUT2D eigenvalue weighted by Crippen LogP contribution is -2.60. The normalized spacial score (nSPS) is 20.4. The van der Waals surface area contributed by atoms with Gasteiger partial charge in [-0.2, -0.15) is 0 Å². The number of ether oxygens (including phenoxy) is 1. The number of barbiturate groups is 1. The second kappa shape index (κ2) is 13.9. The third-order valence-corrected chi connectivity index (χ3v) is 11.9. The van der Waals surface area contributed by atoms with Crippen molar-refractivity contribution in [3.05, 3.63) is 95.6 Å². The van der Waals surface area contributed by atoms with E-state index in [1.165, 1.54) is 9.80 Å². The number of likely N-dealkylation sites (N-methyl/N-ethyl adjacent to an activating group) is 1. The zero-order chi connectivity index (χ0) is 34.2. The van der Waals surface area contributed by atoms with Gasteiger partial charge in [-0.1, -0.05) is 97.5 Å². The van der Waals surface area contributed by atoms with Gasteiger partial charge in [0.2, 0.25) is 11.8 Å². The van der Waals surface area contributed by atoms with Crippen molar-refractivity contribution in [2.75, 3.05) is 50.2 Å². The van der Waals surface area contributed by atoms with E-state index in [2.05, 4.69) is 84.4 Å². The Hall–Kier alpha value is -4.25. The molecule has 49 heavy (non-hydrogen) atoms. The summed E-state index contributed by atoms with van der Waals surface area (Å²) in [5, 5.41) is 5.37. The van der Waals surface area contributed by atoms with Crippen molar-refractivity contribution in [3.8, 4) is 0 Å². The lowest BCUT2D eigenvalue weighted by atomic mass is 9.92. The van der Waals surface area contributed by atoms with Crippen molar-refractivity contribution in [1.29, 1.82) is 0 Å². The van der Waals surface area contributed by atoms with E-state index in [0.717, 1.165) is 54.2 Å². The van der Waals surface area contributed by atoms with Gasteiger partial charge in [0, 0.05) is 47.8 Å². The van der Waals surface area contributed by atoms with E-state index in [9.17, 15) is 14.4 Å². The quantitative estimate of drug-likeness (QED) is 0.154. The highest BCUT2D eigenvalue weighted by Crippen LogP contribution is 2.51. The molecule has 0 saturated carbocycles. The third-order valence-electron chi connectivity index (χ3n) is 9.48. The summed E-state index contributed by atoms with van der Waals surface area (Å²) in [6, 6.07) is 24.7. The minimum atomic E-state index is -1.17. The van der Waals surface area contributed by atoms with Gasteiger partial charge in [-0.3, -0.25) is 19.4 Å². The van der Waals surface area contributed by atoms with Crippen molar-refractivity contribution in [2.24, 2.45) is 5.92 Å². The van der Waals surface area contributed by atoms with Crippen LogP contribution < -0.4 is 9.80 Å². The van der Waals surface area contributed by atoms with Crippen LogP contribution in [0.15, 0.2) is 105 Å². The van der Waals surface area contributed by atoms with Crippen LogP contribution in [0.2, 0.25) is 0 Å². The second-order valence-electron chi connectivity index (χ2n) is 12.4. The maximum absolute atomic E-state index is 14.4. The number of allylic oxidation sites excluding steroid dienone is 1. The molecular weight excluding hydrogens is 653 g/mol. The maximum Gasteiger partial charge on any atom is 0.333 e. The van der Waals surface area contributed by atoms with Gasteiger partial charge in [0.05, 0.1) is 34.9 Å². The van der Waals surface area contributed by atoms with Gasteiger partial charge in [-0.05, 0) is 54.0 Å². The van der Waals surface area contributed by atoms with Crippen molar-refractivity contribution in [2.45, 2.75) is 41.9 Å². The zero-order valence-electron chi connectivity index (χ0n) is 28.2. The Morgan fingerprint density at radius 2 is 1.43 bits per heavy atom. The molecule has 3 aliphatic rings. The summed E-state index contributed by atoms with van der Waals surface area (Å²) in [6.07, 6.45) is 5.54. The Kier molecular flexibility index (Phi) is 9.46. The number of methoxy groups -OCH3 is 1. The predicted octanol–water partition coefficient (Wildman–Crippen LogP) is 8.11. The first-order chi connectivity index (χ1) is 23.9. The van der Waals surface area contributed by atoms with Gasteiger partial charge in [-0.25, -0.2) is 4.79 Å². The molecular formula is C39H40N4O4S2. The Balaban J connectivity index is 1.36. The monoisotopic (exact) mass is 692 g/mol. The van der Waals surface area contributed by atoms with Crippen LogP contribution in [0.25, 0.3) is 21.5 Å². The van der Waals surface area contributed by atoms with E-state index in [0.29, 0.717) is 18.5 Å². The Morgan fingerprint density at radius 1 is 0.796 bits per heavy atom. The molecule has 8 nitrogen and oxygen atoms in total. The van der Waals surface area contributed by atoms with E-state index < -0.39 is 23.8 Å². The van der Waals surface area contributed by atoms with E-state index in [1.54, 1.807) is 30.6 Å². The van der Waals surface area contributed by atoms with Crippen molar-refractivity contribution < 1.29 is 19.1 Å². The fraction of sp³-hybridized carbons (Fsp3) is 0.308. The first-order valence-electron chi connectivity index (χ1n) is 16.8. The molecule has 252 valence electrons. The number of benzene rings is 4. The summed E-state index contributed by atoms with van der Waals surface area (Å²) < 4.78 is 5.28. The number of rotatable bonds is 10. The maximum atomic E-state index is 14.4. The molecule has 4 amide bonds. The Labute approximate surface area is 295 Å². The average molecular weight is 693 g/mol. The number of urea groups is 1. The molecule has 0 aromatic heterocycles. The highest BCUT2D eigenvalue weighted by atomic mass is 32.2. The van der Waals surface area contributed by atoms with E-state index in [4.69, 9.17) is 4.74 Å². The van der Waals surface area contributed by atoms with Gasteiger partial charge in [-0.15, -0.1) is 0 Å². The SMILES string of the molecule is CCCCN1C(=O)C(C(=CC2Sc3ccc4ccccc4c3N2C)C=C2Sc3ccc4ccccc4c3N2CC)C(=O)N(CCOC)C1=O. The minimum absolute atomic E-state index is 0.0766. The zero-order valence-corrected chi connectivity index (χ0v) is 29.9. The number of carbonyl (C=O) groups is 3. The van der Waals surface area contributed by atoms with Gasteiger partial charge >= 0.3 is 6.03 Å². The molecule has 0 bridgehead atoms. The topological polar surface area (TPSA) is 73.4 Å². The molecule has 3 aliphatic heterocycles. The summed E-state index contributed by atoms with van der Waals surface area (Å²) in [6.45, 7) is 5.36. The van der Waals surface area contributed by atoms with Crippen molar-refractivity contribution >= 4 is 74.3 Å². The van der Waals surface area contributed by atoms with Crippen LogP contribution in [0.1, 0.15) is 26.7 Å². The molecule has 4 aromatic rings. The summed E-state index contributed by atoms with van der Waals surface area (Å²) in [5.74, 6) is -2.15. The van der Waals surface area contributed by atoms with Crippen LogP contribution in [0.3, 0.4) is 0 Å². The van der Waals surface area contributed by atoms with Crippen LogP contribution in [0, 0.1) is 5.92 Å². The number of imide groups is 2. The molecule has 4 aromatic carbocycles. The highest BCUT2D eigenvalue weighted by molar-refractivity contribution is 8.03. The number of nitrogens with zero attached hydrogens (tertiary/aromatic N) is 4. The smallest absolute Gasteiger partial charge is 0.333 e. The van der Waals surface area contributed by atoms with Crippen LogP contribution in [0.5, 0.6) is 0 Å². The molecule has 0 aliphatic carbocycles. The number of amides is 4. The molecule has 1 fully saturated rings. The largest absolute Gasteiger partial charge is 0.383 e. The lowest BCUT2D eigenvalue weighted by Gasteiger charge is -2.37. The van der Waals surface area contributed by atoms with E-state index >= 15 is 0 Å². The molecule has 10 heteroatoms. The third kappa shape index (κ3) is 5.89. The number of unbranched alkanes of at least 4 members (excludes halogenated alkanes) is 1. The molecule has 2 unspecified atom stereocenters. The first kappa shape index (κ1) is 33.3. The summed E-state index contributed by atoms with van der Waals surface area (Å²) >= 11 is 3.35. The lowest BCUT2D eigenvalue weighted by molar-refractivity contribution is -0.147. The van der Waals surface area contributed by atoms with Gasteiger partial charge in [0.15, 0.2) is 0 Å². The van der Waals surface area contributed by atoms with Crippen LogP contribution in [-0.2, 0) is 14.3 Å². The fourth-order valence-electron chi connectivity index (χ4n) is 6.95. The minimum Gasteiger partial charge on any atom is -0.383 e. The fourth-order valence-corrected chi connectivity index (χ4v) is 9.42. The molecule has 7 rings (SSSR count). The summed E-state index contributed by atoms with van der Waals surface area (Å²) in [7, 11) is 3.60. The summed E-state index contributed by atoms with van der Waals surface area (Å²) in [5.41, 5.74) is 2.85. The average Bonchev–Trinajstić information content (AvgIpc) is 3.64. The molecule has 1 saturated heterocycles. The Morgan fingerprint density at radius 3 is 2.08 bits per heavy atom. The molecule has 0 spiro atoms. The predicted molar refractivity (Wildman–Crippen MR) is 200 cm³/mol. The second-order valence-corrected chi connectivity index (χ2v) is 14.6. The molecule has 3 heterocycles. The summed E-state index contributed by atoms with van der Waals surface area (Å²) in [4.78, 5) is 51.6. The molecule has 2 atom stereocenters. The van der Waals surface area contributed by atoms with Crippen LogP contribution in [0.4, 0.5) is 16.2 Å². The van der Waals surface area contributed by atoms with Crippen molar-refractivity contribution in [1.82, 2.24) is 9.80 Å². The Bertz CT molecular complexity index is 2000. The molecule has 0 N–H and O–H groups in total. The van der Waals surface area contributed by atoms with Gasteiger partial charge in [0.25, 0.3) is 0 Å². The highest BCUT2D eigenvalue weighted by Gasteiger charge is 2.47. The molecule has 0 radical (unpaired) electrons. The van der Waals surface area contributed by atoms with Crippen molar-refractivity contribution in [3.63, 3.8) is 0 Å².